The second kappa shape index (κ2) is 5.30. The standard InChI is InChI=1S/C11H18N4O3S/c1-9(6-14-4-2-3-13-14)15-7-10(5-11(15)16)8-19(12,17)18/h2-4,9-10H,5-8H2,1H3,(H2,12,17,18). The Morgan fingerprint density at radius 1 is 1.58 bits per heavy atom. The molecular weight excluding hydrogens is 268 g/mol. The Morgan fingerprint density at radius 2 is 2.32 bits per heavy atom. The molecular formula is C11H18N4O3S. The van der Waals surface area contributed by atoms with Crippen LogP contribution in [-0.4, -0.2) is 47.3 Å². The Morgan fingerprint density at radius 3 is 2.89 bits per heavy atom. The van der Waals surface area contributed by atoms with Crippen molar-refractivity contribution >= 4 is 15.9 Å². The van der Waals surface area contributed by atoms with Gasteiger partial charge in [0.1, 0.15) is 0 Å². The molecule has 0 bridgehead atoms. The average Bonchev–Trinajstić information content (AvgIpc) is 2.85. The zero-order chi connectivity index (χ0) is 14.0. The first kappa shape index (κ1) is 14.0. The van der Waals surface area contributed by atoms with Crippen molar-refractivity contribution in [3.05, 3.63) is 18.5 Å². The number of aromatic nitrogens is 2. The fraction of sp³-hybridized carbons (Fsp3) is 0.636. The number of rotatable bonds is 5. The number of amides is 1. The van der Waals surface area contributed by atoms with Crippen LogP contribution in [0.3, 0.4) is 0 Å². The molecule has 0 spiro atoms. The Balaban J connectivity index is 1.96. The minimum Gasteiger partial charge on any atom is -0.338 e. The third-order valence-corrected chi connectivity index (χ3v) is 4.19. The largest absolute Gasteiger partial charge is 0.338 e. The summed E-state index contributed by atoms with van der Waals surface area (Å²) in [5, 5.41) is 9.11. The normalized spacial score (nSPS) is 21.9. The number of carbonyl (C=O) groups is 1. The predicted molar refractivity (Wildman–Crippen MR) is 69.5 cm³/mol. The highest BCUT2D eigenvalue weighted by atomic mass is 32.2. The molecule has 0 aliphatic carbocycles. The number of nitrogens with two attached hydrogens (primary N) is 1. The lowest BCUT2D eigenvalue weighted by atomic mass is 10.1. The molecule has 19 heavy (non-hydrogen) atoms. The van der Waals surface area contributed by atoms with Crippen molar-refractivity contribution in [3.8, 4) is 0 Å². The van der Waals surface area contributed by atoms with Crippen LogP contribution >= 0.6 is 0 Å². The summed E-state index contributed by atoms with van der Waals surface area (Å²) in [7, 11) is -3.53. The molecule has 106 valence electrons. The maximum Gasteiger partial charge on any atom is 0.223 e. The second-order valence-electron chi connectivity index (χ2n) is 5.02. The summed E-state index contributed by atoms with van der Waals surface area (Å²) in [6.07, 6.45) is 3.76. The van der Waals surface area contributed by atoms with Gasteiger partial charge in [0.25, 0.3) is 0 Å². The van der Waals surface area contributed by atoms with Gasteiger partial charge in [-0.1, -0.05) is 0 Å². The van der Waals surface area contributed by atoms with E-state index >= 15 is 0 Å². The first-order chi connectivity index (χ1) is 8.85. The molecule has 1 aliphatic rings. The van der Waals surface area contributed by atoms with Crippen LogP contribution < -0.4 is 5.14 Å². The molecule has 0 aromatic carbocycles. The Labute approximate surface area is 112 Å². The van der Waals surface area contributed by atoms with Gasteiger partial charge in [-0.25, -0.2) is 13.6 Å². The van der Waals surface area contributed by atoms with Gasteiger partial charge in [-0.3, -0.25) is 9.48 Å². The maximum atomic E-state index is 11.9. The van der Waals surface area contributed by atoms with Crippen molar-refractivity contribution < 1.29 is 13.2 Å². The topological polar surface area (TPSA) is 98.3 Å². The summed E-state index contributed by atoms with van der Waals surface area (Å²) in [4.78, 5) is 13.6. The summed E-state index contributed by atoms with van der Waals surface area (Å²) in [6, 6.07) is 1.81. The van der Waals surface area contributed by atoms with Gasteiger partial charge >= 0.3 is 0 Å². The summed E-state index contributed by atoms with van der Waals surface area (Å²) in [5.41, 5.74) is 0. The maximum absolute atomic E-state index is 11.9. The zero-order valence-corrected chi connectivity index (χ0v) is 11.6. The van der Waals surface area contributed by atoms with Crippen molar-refractivity contribution in [3.63, 3.8) is 0 Å². The van der Waals surface area contributed by atoms with Crippen LogP contribution in [0.25, 0.3) is 0 Å². The lowest BCUT2D eigenvalue weighted by Gasteiger charge is -2.24. The van der Waals surface area contributed by atoms with E-state index in [1.165, 1.54) is 0 Å². The first-order valence-electron chi connectivity index (χ1n) is 6.12. The van der Waals surface area contributed by atoms with Crippen LogP contribution in [-0.2, 0) is 21.4 Å². The second-order valence-corrected chi connectivity index (χ2v) is 6.68. The van der Waals surface area contributed by atoms with Crippen molar-refractivity contribution in [2.75, 3.05) is 12.3 Å². The van der Waals surface area contributed by atoms with Crippen molar-refractivity contribution in [2.24, 2.45) is 11.1 Å². The quantitative estimate of drug-likeness (QED) is 0.782. The van der Waals surface area contributed by atoms with Crippen LogP contribution in [0.1, 0.15) is 13.3 Å². The summed E-state index contributed by atoms with van der Waals surface area (Å²) in [6.45, 7) is 2.97. The highest BCUT2D eigenvalue weighted by Gasteiger charge is 2.34. The molecule has 0 saturated carbocycles. The van der Waals surface area contributed by atoms with E-state index in [-0.39, 0.29) is 30.0 Å². The Hall–Kier alpha value is -1.41. The summed E-state index contributed by atoms with van der Waals surface area (Å²) >= 11 is 0. The first-order valence-corrected chi connectivity index (χ1v) is 7.84. The van der Waals surface area contributed by atoms with Crippen LogP contribution in [0, 0.1) is 5.92 Å². The van der Waals surface area contributed by atoms with E-state index in [0.717, 1.165) is 0 Å². The van der Waals surface area contributed by atoms with Crippen LogP contribution in [0.4, 0.5) is 0 Å². The molecule has 2 unspecified atom stereocenters. The molecule has 2 heterocycles. The number of likely N-dealkylation sites (tertiary alicyclic amines) is 1. The molecule has 1 aliphatic heterocycles. The van der Waals surface area contributed by atoms with E-state index in [0.29, 0.717) is 13.1 Å². The SMILES string of the molecule is CC(Cn1cccn1)N1CC(CS(N)(=O)=O)CC1=O. The molecule has 1 amide bonds. The van der Waals surface area contributed by atoms with E-state index in [1.807, 2.05) is 19.2 Å². The predicted octanol–water partition coefficient (Wildman–Crippen LogP) is -0.591. The van der Waals surface area contributed by atoms with Gasteiger partial charge in [-0.15, -0.1) is 0 Å². The third kappa shape index (κ3) is 3.77. The number of carbonyl (C=O) groups excluding carboxylic acids is 1. The minimum atomic E-state index is -3.53. The molecule has 1 aromatic rings. The molecule has 7 nitrogen and oxygen atoms in total. The van der Waals surface area contributed by atoms with E-state index in [9.17, 15) is 13.2 Å². The number of primary sulfonamides is 1. The van der Waals surface area contributed by atoms with E-state index in [1.54, 1.807) is 15.8 Å². The van der Waals surface area contributed by atoms with Crippen molar-refractivity contribution in [2.45, 2.75) is 25.9 Å². The smallest absolute Gasteiger partial charge is 0.223 e. The highest BCUT2D eigenvalue weighted by molar-refractivity contribution is 7.89. The van der Waals surface area contributed by atoms with Crippen molar-refractivity contribution in [1.82, 2.24) is 14.7 Å². The van der Waals surface area contributed by atoms with E-state index in [2.05, 4.69) is 5.10 Å². The van der Waals surface area contributed by atoms with Gasteiger partial charge in [0, 0.05) is 37.3 Å². The number of hydrogen-bond donors (Lipinski definition) is 1. The number of sulfonamides is 1. The van der Waals surface area contributed by atoms with Gasteiger partial charge in [0.05, 0.1) is 12.3 Å². The lowest BCUT2D eigenvalue weighted by molar-refractivity contribution is -0.129. The molecule has 2 rings (SSSR count). The monoisotopic (exact) mass is 286 g/mol. The van der Waals surface area contributed by atoms with Crippen molar-refractivity contribution in [1.29, 1.82) is 0 Å². The fourth-order valence-corrected chi connectivity index (χ4v) is 3.33. The van der Waals surface area contributed by atoms with Crippen LogP contribution in [0.5, 0.6) is 0 Å². The molecule has 0 radical (unpaired) electrons. The van der Waals surface area contributed by atoms with Gasteiger partial charge in [0.2, 0.25) is 15.9 Å². The molecule has 2 atom stereocenters. The molecule has 2 N–H and O–H groups in total. The highest BCUT2D eigenvalue weighted by Crippen LogP contribution is 2.21. The number of nitrogens with zero attached hydrogens (tertiary/aromatic N) is 3. The summed E-state index contributed by atoms with van der Waals surface area (Å²) < 4.78 is 23.9. The lowest BCUT2D eigenvalue weighted by Crippen LogP contribution is -2.38. The average molecular weight is 286 g/mol. The molecule has 1 aromatic heterocycles. The Bertz CT molecular complexity index is 540. The van der Waals surface area contributed by atoms with Gasteiger partial charge in [-0.05, 0) is 13.0 Å². The van der Waals surface area contributed by atoms with Crippen LogP contribution in [0.2, 0.25) is 0 Å². The molecule has 8 heteroatoms. The van der Waals surface area contributed by atoms with Gasteiger partial charge in [0.15, 0.2) is 0 Å². The number of hydrogen-bond acceptors (Lipinski definition) is 4. The van der Waals surface area contributed by atoms with Gasteiger partial charge in [-0.2, -0.15) is 5.10 Å². The summed E-state index contributed by atoms with van der Waals surface area (Å²) in [5.74, 6) is -0.361. The minimum absolute atomic E-state index is 0.0159. The molecule has 1 saturated heterocycles. The molecule has 1 fully saturated rings. The zero-order valence-electron chi connectivity index (χ0n) is 10.8. The van der Waals surface area contributed by atoms with E-state index < -0.39 is 10.0 Å². The van der Waals surface area contributed by atoms with Gasteiger partial charge < -0.3 is 4.90 Å². The third-order valence-electron chi connectivity index (χ3n) is 3.25. The van der Waals surface area contributed by atoms with E-state index in [4.69, 9.17) is 5.14 Å². The van der Waals surface area contributed by atoms with Crippen LogP contribution in [0.15, 0.2) is 18.5 Å². The Kier molecular flexibility index (Phi) is 3.91. The fourth-order valence-electron chi connectivity index (χ4n) is 2.45.